The minimum absolute atomic E-state index is 0.344. The highest BCUT2D eigenvalue weighted by molar-refractivity contribution is 4.64. The number of hydrogen-bond acceptors (Lipinski definition) is 2. The van der Waals surface area contributed by atoms with Crippen LogP contribution in [-0.4, -0.2) is 13.2 Å². The summed E-state index contributed by atoms with van der Waals surface area (Å²) in [7, 11) is 0. The highest BCUT2D eigenvalue weighted by Gasteiger charge is 1.85. The molecule has 0 fully saturated rings. The Balaban J connectivity index is 2.32. The minimum Gasteiger partial charge on any atom is -0.494 e. The molecule has 1 rings (SSSR count). The van der Waals surface area contributed by atoms with E-state index in [-0.39, 0.29) is 0 Å². The standard InChI is InChI=1S/C4H6O2/c1-2-6-4-3-5-1/h1-2H,3-4H2/i3D. The second kappa shape index (κ2) is 1.70. The van der Waals surface area contributed by atoms with Crippen molar-refractivity contribution >= 4 is 0 Å². The van der Waals surface area contributed by atoms with E-state index < -0.39 is 6.58 Å². The van der Waals surface area contributed by atoms with Gasteiger partial charge in [0.1, 0.15) is 25.7 Å². The first-order valence-electron chi connectivity index (χ1n) is 2.31. The van der Waals surface area contributed by atoms with Crippen LogP contribution in [0, 0.1) is 0 Å². The lowest BCUT2D eigenvalue weighted by molar-refractivity contribution is 0.108. The smallest absolute Gasteiger partial charge is 0.121 e. The molecule has 2 nitrogen and oxygen atoms in total. The molecule has 0 saturated carbocycles. The van der Waals surface area contributed by atoms with Crippen molar-refractivity contribution in [3.05, 3.63) is 12.5 Å². The molecule has 1 atom stereocenters. The van der Waals surface area contributed by atoms with Crippen LogP contribution in [0.3, 0.4) is 0 Å². The third-order valence-corrected chi connectivity index (χ3v) is 0.491. The second-order valence-corrected chi connectivity index (χ2v) is 0.908. The number of hydrogen-bond donors (Lipinski definition) is 0. The maximum Gasteiger partial charge on any atom is 0.121 e. The summed E-state index contributed by atoms with van der Waals surface area (Å²) in [5, 5.41) is 0. The van der Waals surface area contributed by atoms with E-state index >= 15 is 0 Å². The summed E-state index contributed by atoms with van der Waals surface area (Å²) in [5.41, 5.74) is 0. The van der Waals surface area contributed by atoms with Crippen LogP contribution >= 0.6 is 0 Å². The molecule has 2 heteroatoms. The minimum atomic E-state index is -0.523. The van der Waals surface area contributed by atoms with Gasteiger partial charge in [0.05, 0.1) is 1.37 Å². The van der Waals surface area contributed by atoms with Crippen LogP contribution in [0.5, 0.6) is 0 Å². The van der Waals surface area contributed by atoms with Gasteiger partial charge in [0.2, 0.25) is 0 Å². The fourth-order valence-electron chi connectivity index (χ4n) is 0.261. The largest absolute Gasteiger partial charge is 0.494 e. The Labute approximate surface area is 37.8 Å². The quantitative estimate of drug-likeness (QED) is 0.428. The molecule has 0 bridgehead atoms. The molecule has 0 aliphatic carbocycles. The topological polar surface area (TPSA) is 18.5 Å². The van der Waals surface area contributed by atoms with Crippen molar-refractivity contribution in [2.24, 2.45) is 0 Å². The second-order valence-electron chi connectivity index (χ2n) is 0.908. The zero-order chi connectivity index (χ0) is 5.11. The molecule has 0 radical (unpaired) electrons. The molecule has 0 aromatic carbocycles. The van der Waals surface area contributed by atoms with Gasteiger partial charge in [-0.1, -0.05) is 0 Å². The summed E-state index contributed by atoms with van der Waals surface area (Å²) in [4.78, 5) is 0. The Kier molecular flexibility index (Phi) is 0.708. The SMILES string of the molecule is [2H]C1COC=CO1. The predicted molar refractivity (Wildman–Crippen MR) is 21.0 cm³/mol. The van der Waals surface area contributed by atoms with Crippen molar-refractivity contribution in [3.63, 3.8) is 0 Å². The zero-order valence-corrected chi connectivity index (χ0v) is 3.26. The Morgan fingerprint density at radius 3 is 2.67 bits per heavy atom. The van der Waals surface area contributed by atoms with Gasteiger partial charge in [-0.05, 0) is 0 Å². The summed E-state index contributed by atoms with van der Waals surface area (Å²) in [6.07, 6.45) is 2.81. The highest BCUT2D eigenvalue weighted by Crippen LogP contribution is 1.87. The number of ether oxygens (including phenoxy) is 2. The van der Waals surface area contributed by atoms with E-state index in [1.54, 1.807) is 0 Å². The van der Waals surface area contributed by atoms with Crippen LogP contribution in [0.15, 0.2) is 12.5 Å². The lowest BCUT2D eigenvalue weighted by Gasteiger charge is -2.04. The first-order chi connectivity index (χ1) is 3.39. The predicted octanol–water partition coefficient (Wildman–Crippen LogP) is 0.504. The first-order valence-corrected chi connectivity index (χ1v) is 1.74. The maximum absolute atomic E-state index is 6.87. The molecule has 1 aliphatic heterocycles. The van der Waals surface area contributed by atoms with Crippen molar-refractivity contribution in [3.8, 4) is 0 Å². The monoisotopic (exact) mass is 87.0 g/mol. The van der Waals surface area contributed by atoms with Gasteiger partial charge in [0.25, 0.3) is 0 Å². The molecule has 1 heterocycles. The van der Waals surface area contributed by atoms with Gasteiger partial charge in [-0.25, -0.2) is 0 Å². The summed E-state index contributed by atoms with van der Waals surface area (Å²) in [6.45, 7) is -0.179. The molecule has 6 heavy (non-hydrogen) atoms. The molecule has 0 saturated heterocycles. The van der Waals surface area contributed by atoms with Crippen molar-refractivity contribution in [2.45, 2.75) is 0 Å². The molecular formula is C4H6O2. The fourth-order valence-corrected chi connectivity index (χ4v) is 0.261. The summed E-state index contributed by atoms with van der Waals surface area (Å²) >= 11 is 0. The van der Waals surface area contributed by atoms with Gasteiger partial charge in [-0.2, -0.15) is 0 Å². The third-order valence-electron chi connectivity index (χ3n) is 0.491. The van der Waals surface area contributed by atoms with Crippen molar-refractivity contribution in [1.82, 2.24) is 0 Å². The third kappa shape index (κ3) is 0.641. The van der Waals surface area contributed by atoms with Crippen molar-refractivity contribution in [2.75, 3.05) is 13.2 Å². The average molecular weight is 87.1 g/mol. The Hall–Kier alpha value is -0.660. The molecule has 0 spiro atoms. The van der Waals surface area contributed by atoms with Crippen LogP contribution in [0.1, 0.15) is 1.37 Å². The number of rotatable bonds is 0. The first kappa shape index (κ1) is 2.50. The molecule has 0 N–H and O–H groups in total. The summed E-state index contributed by atoms with van der Waals surface area (Å²) in [6, 6.07) is 0. The van der Waals surface area contributed by atoms with Crippen molar-refractivity contribution in [1.29, 1.82) is 0 Å². The van der Waals surface area contributed by atoms with Gasteiger partial charge in [-0.15, -0.1) is 0 Å². The zero-order valence-electron chi connectivity index (χ0n) is 4.26. The van der Waals surface area contributed by atoms with E-state index in [1.807, 2.05) is 0 Å². The Morgan fingerprint density at radius 2 is 2.33 bits per heavy atom. The Bertz CT molecular complexity index is 81.8. The van der Waals surface area contributed by atoms with E-state index in [2.05, 4.69) is 9.47 Å². The van der Waals surface area contributed by atoms with Crippen LogP contribution in [-0.2, 0) is 9.47 Å². The van der Waals surface area contributed by atoms with Crippen molar-refractivity contribution < 1.29 is 10.8 Å². The lowest BCUT2D eigenvalue weighted by Crippen LogP contribution is -2.00. The van der Waals surface area contributed by atoms with E-state index in [0.717, 1.165) is 0 Å². The van der Waals surface area contributed by atoms with Gasteiger partial charge in [0.15, 0.2) is 0 Å². The van der Waals surface area contributed by atoms with E-state index in [1.165, 1.54) is 12.5 Å². The van der Waals surface area contributed by atoms with E-state index in [9.17, 15) is 0 Å². The van der Waals surface area contributed by atoms with Gasteiger partial charge in [-0.3, -0.25) is 0 Å². The van der Waals surface area contributed by atoms with E-state index in [4.69, 9.17) is 1.37 Å². The molecule has 1 unspecified atom stereocenters. The van der Waals surface area contributed by atoms with Crippen LogP contribution < -0.4 is 0 Å². The molecule has 1 aliphatic rings. The molecule has 0 aromatic rings. The molecular weight excluding hydrogens is 80.0 g/mol. The van der Waals surface area contributed by atoms with Gasteiger partial charge in [0, 0.05) is 0 Å². The average Bonchev–Trinajstić information content (AvgIpc) is 1.69. The van der Waals surface area contributed by atoms with Gasteiger partial charge >= 0.3 is 0 Å². The normalized spacial score (nSPS) is 33.3. The lowest BCUT2D eigenvalue weighted by atomic mass is 10.7. The van der Waals surface area contributed by atoms with Crippen LogP contribution in [0.25, 0.3) is 0 Å². The summed E-state index contributed by atoms with van der Waals surface area (Å²) in [5.74, 6) is 0. The molecule has 0 amide bonds. The Morgan fingerprint density at radius 1 is 1.50 bits per heavy atom. The highest BCUT2D eigenvalue weighted by atomic mass is 16.5. The van der Waals surface area contributed by atoms with E-state index in [0.29, 0.717) is 6.61 Å². The fraction of sp³-hybridized carbons (Fsp3) is 0.500. The van der Waals surface area contributed by atoms with Gasteiger partial charge < -0.3 is 9.47 Å². The molecule has 34 valence electrons. The summed E-state index contributed by atoms with van der Waals surface area (Å²) < 4.78 is 16.2. The van der Waals surface area contributed by atoms with Crippen LogP contribution in [0.2, 0.25) is 0 Å². The van der Waals surface area contributed by atoms with Crippen LogP contribution in [0.4, 0.5) is 0 Å². The maximum atomic E-state index is 6.87. The molecule has 0 aromatic heterocycles.